The quantitative estimate of drug-likeness (QED) is 0.651. The molecule has 0 bridgehead atoms. The van der Waals surface area contributed by atoms with Gasteiger partial charge in [-0.3, -0.25) is 15.2 Å². The normalized spacial score (nSPS) is 19.4. The standard InChI is InChI=1S/C16H26N4O/c1-16(2)11-20(8-7-19(16)3)10-12-5-6-14(21-4)13(9-12)15(17)18/h5-6,9H,7-8,10-11H2,1-4H3,(H3,17,18). The van der Waals surface area contributed by atoms with E-state index in [0.29, 0.717) is 11.3 Å². The number of methoxy groups -OCH3 is 1. The molecular weight excluding hydrogens is 264 g/mol. The summed E-state index contributed by atoms with van der Waals surface area (Å²) in [4.78, 5) is 4.85. The molecule has 0 aliphatic carbocycles. The van der Waals surface area contributed by atoms with Crippen molar-refractivity contribution in [1.29, 1.82) is 5.41 Å². The van der Waals surface area contributed by atoms with E-state index in [9.17, 15) is 0 Å². The van der Waals surface area contributed by atoms with Crippen LogP contribution in [-0.4, -0.2) is 55.0 Å². The summed E-state index contributed by atoms with van der Waals surface area (Å²) in [5, 5.41) is 7.66. The molecule has 1 fully saturated rings. The van der Waals surface area contributed by atoms with Crippen molar-refractivity contribution >= 4 is 5.84 Å². The molecule has 0 radical (unpaired) electrons. The predicted molar refractivity (Wildman–Crippen MR) is 86.0 cm³/mol. The van der Waals surface area contributed by atoms with Crippen LogP contribution in [0.1, 0.15) is 25.0 Å². The largest absolute Gasteiger partial charge is 0.496 e. The van der Waals surface area contributed by atoms with Gasteiger partial charge in [-0.2, -0.15) is 0 Å². The first-order valence-corrected chi connectivity index (χ1v) is 7.28. The molecule has 0 unspecified atom stereocenters. The Hall–Kier alpha value is -1.59. The minimum absolute atomic E-state index is 0.0485. The highest BCUT2D eigenvalue weighted by Crippen LogP contribution is 2.23. The lowest BCUT2D eigenvalue weighted by Gasteiger charge is -2.45. The number of hydrogen-bond donors (Lipinski definition) is 2. The molecule has 1 saturated heterocycles. The fourth-order valence-corrected chi connectivity index (χ4v) is 2.80. The first-order chi connectivity index (χ1) is 9.83. The average Bonchev–Trinajstić information content (AvgIpc) is 2.42. The SMILES string of the molecule is COc1ccc(CN2CCN(C)C(C)(C)C2)cc1C(=N)N. The number of piperazine rings is 1. The van der Waals surface area contributed by atoms with Crippen molar-refractivity contribution in [1.82, 2.24) is 9.80 Å². The molecule has 116 valence electrons. The Morgan fingerprint density at radius 1 is 1.38 bits per heavy atom. The van der Waals surface area contributed by atoms with Gasteiger partial charge in [-0.15, -0.1) is 0 Å². The van der Waals surface area contributed by atoms with Crippen LogP contribution in [0.25, 0.3) is 0 Å². The van der Waals surface area contributed by atoms with Gasteiger partial charge in [0.1, 0.15) is 11.6 Å². The highest BCUT2D eigenvalue weighted by Gasteiger charge is 2.30. The summed E-state index contributed by atoms with van der Waals surface area (Å²) in [6, 6.07) is 5.91. The monoisotopic (exact) mass is 290 g/mol. The number of nitrogens with zero attached hydrogens (tertiary/aromatic N) is 2. The molecule has 1 aliphatic rings. The Balaban J connectivity index is 2.13. The Morgan fingerprint density at radius 3 is 2.67 bits per heavy atom. The summed E-state index contributed by atoms with van der Waals surface area (Å²) in [5.41, 5.74) is 7.66. The van der Waals surface area contributed by atoms with Crippen LogP contribution < -0.4 is 10.5 Å². The number of ether oxygens (including phenoxy) is 1. The van der Waals surface area contributed by atoms with Gasteiger partial charge in [-0.1, -0.05) is 6.07 Å². The van der Waals surface area contributed by atoms with Gasteiger partial charge in [0.2, 0.25) is 0 Å². The number of nitrogen functional groups attached to an aromatic ring is 1. The van der Waals surface area contributed by atoms with E-state index < -0.39 is 0 Å². The molecule has 3 N–H and O–H groups in total. The number of amidine groups is 1. The van der Waals surface area contributed by atoms with E-state index in [-0.39, 0.29) is 11.4 Å². The van der Waals surface area contributed by atoms with Gasteiger partial charge in [-0.25, -0.2) is 0 Å². The number of nitrogens with two attached hydrogens (primary N) is 1. The lowest BCUT2D eigenvalue weighted by molar-refractivity contribution is 0.0360. The van der Waals surface area contributed by atoms with E-state index >= 15 is 0 Å². The van der Waals surface area contributed by atoms with Gasteiger partial charge in [0, 0.05) is 31.7 Å². The van der Waals surface area contributed by atoms with Crippen molar-refractivity contribution in [3.63, 3.8) is 0 Å². The first kappa shape index (κ1) is 15.8. The maximum Gasteiger partial charge on any atom is 0.129 e. The van der Waals surface area contributed by atoms with E-state index in [1.807, 2.05) is 12.1 Å². The van der Waals surface area contributed by atoms with Crippen molar-refractivity contribution in [2.45, 2.75) is 25.9 Å². The Bertz CT molecular complexity index is 527. The topological polar surface area (TPSA) is 65.6 Å². The van der Waals surface area contributed by atoms with E-state index in [0.717, 1.165) is 26.2 Å². The molecule has 0 amide bonds. The van der Waals surface area contributed by atoms with Crippen LogP contribution in [0.4, 0.5) is 0 Å². The zero-order valence-corrected chi connectivity index (χ0v) is 13.4. The molecule has 21 heavy (non-hydrogen) atoms. The molecule has 0 saturated carbocycles. The van der Waals surface area contributed by atoms with Crippen LogP contribution in [0.15, 0.2) is 18.2 Å². The van der Waals surface area contributed by atoms with Crippen LogP contribution in [0.3, 0.4) is 0 Å². The Labute approximate surface area is 127 Å². The smallest absolute Gasteiger partial charge is 0.129 e. The second-order valence-corrected chi connectivity index (χ2v) is 6.39. The molecular formula is C16H26N4O. The summed E-state index contributed by atoms with van der Waals surface area (Å²) >= 11 is 0. The highest BCUT2D eigenvalue weighted by molar-refractivity contribution is 5.97. The number of benzene rings is 1. The molecule has 1 aliphatic heterocycles. The summed E-state index contributed by atoms with van der Waals surface area (Å²) in [5.74, 6) is 0.706. The number of rotatable bonds is 4. The van der Waals surface area contributed by atoms with Gasteiger partial charge < -0.3 is 10.5 Å². The van der Waals surface area contributed by atoms with Gasteiger partial charge in [-0.05, 0) is 38.6 Å². The maximum atomic E-state index is 7.66. The van der Waals surface area contributed by atoms with E-state index in [4.69, 9.17) is 15.9 Å². The van der Waals surface area contributed by atoms with Crippen LogP contribution in [0, 0.1) is 5.41 Å². The second-order valence-electron chi connectivity index (χ2n) is 6.39. The number of nitrogens with one attached hydrogen (secondary N) is 1. The summed E-state index contributed by atoms with van der Waals surface area (Å²) in [6.45, 7) is 8.58. The van der Waals surface area contributed by atoms with Crippen LogP contribution in [-0.2, 0) is 6.54 Å². The second kappa shape index (κ2) is 6.03. The zero-order valence-electron chi connectivity index (χ0n) is 13.4. The number of hydrogen-bond acceptors (Lipinski definition) is 4. The van der Waals surface area contributed by atoms with E-state index in [2.05, 4.69) is 36.8 Å². The molecule has 0 atom stereocenters. The van der Waals surface area contributed by atoms with Crippen LogP contribution in [0.2, 0.25) is 0 Å². The molecule has 2 rings (SSSR count). The van der Waals surface area contributed by atoms with Crippen molar-refractivity contribution in [2.75, 3.05) is 33.8 Å². The minimum Gasteiger partial charge on any atom is -0.496 e. The van der Waals surface area contributed by atoms with Crippen LogP contribution in [0.5, 0.6) is 5.75 Å². The predicted octanol–water partition coefficient (Wildman–Crippen LogP) is 1.51. The minimum atomic E-state index is 0.0485. The molecule has 5 heteroatoms. The molecule has 1 aromatic rings. The Morgan fingerprint density at radius 2 is 2.10 bits per heavy atom. The third-order valence-electron chi connectivity index (χ3n) is 4.36. The van der Waals surface area contributed by atoms with Crippen molar-refractivity contribution in [2.24, 2.45) is 5.73 Å². The maximum absolute atomic E-state index is 7.66. The number of likely N-dealkylation sites (N-methyl/N-ethyl adjacent to an activating group) is 1. The fraction of sp³-hybridized carbons (Fsp3) is 0.562. The summed E-state index contributed by atoms with van der Waals surface area (Å²) < 4.78 is 5.26. The molecule has 1 heterocycles. The van der Waals surface area contributed by atoms with Crippen LogP contribution >= 0.6 is 0 Å². The average molecular weight is 290 g/mol. The van der Waals surface area contributed by atoms with Gasteiger partial charge in [0.25, 0.3) is 0 Å². The lowest BCUT2D eigenvalue weighted by atomic mass is 9.99. The molecule has 1 aromatic carbocycles. The highest BCUT2D eigenvalue weighted by atomic mass is 16.5. The third-order valence-corrected chi connectivity index (χ3v) is 4.36. The first-order valence-electron chi connectivity index (χ1n) is 7.28. The van der Waals surface area contributed by atoms with Gasteiger partial charge >= 0.3 is 0 Å². The van der Waals surface area contributed by atoms with E-state index in [1.165, 1.54) is 5.56 Å². The van der Waals surface area contributed by atoms with Crippen molar-refractivity contribution in [3.8, 4) is 5.75 Å². The summed E-state index contributed by atoms with van der Waals surface area (Å²) in [6.07, 6.45) is 0. The molecule has 5 nitrogen and oxygen atoms in total. The molecule has 0 spiro atoms. The fourth-order valence-electron chi connectivity index (χ4n) is 2.80. The molecule has 0 aromatic heterocycles. The zero-order chi connectivity index (χ0) is 15.6. The third kappa shape index (κ3) is 3.54. The summed E-state index contributed by atoms with van der Waals surface area (Å²) in [7, 11) is 3.78. The van der Waals surface area contributed by atoms with E-state index in [1.54, 1.807) is 7.11 Å². The van der Waals surface area contributed by atoms with Gasteiger partial charge in [0.15, 0.2) is 0 Å². The van der Waals surface area contributed by atoms with Crippen molar-refractivity contribution in [3.05, 3.63) is 29.3 Å². The lowest BCUT2D eigenvalue weighted by Crippen LogP contribution is -2.57. The Kier molecular flexibility index (Phi) is 4.54. The van der Waals surface area contributed by atoms with Gasteiger partial charge in [0.05, 0.1) is 12.7 Å². The van der Waals surface area contributed by atoms with Crippen molar-refractivity contribution < 1.29 is 4.74 Å².